The van der Waals surface area contributed by atoms with Gasteiger partial charge in [0.05, 0.1) is 17.7 Å². The molecule has 1 rings (SSSR count). The van der Waals surface area contributed by atoms with Gasteiger partial charge < -0.3 is 10.8 Å². The molecule has 0 aliphatic heterocycles. The molecule has 0 aromatic carbocycles. The third kappa shape index (κ3) is 2.08. The number of rotatable bonds is 2. The molecule has 0 amide bonds. The molecule has 0 fully saturated rings. The van der Waals surface area contributed by atoms with Crippen molar-refractivity contribution >= 4 is 23.2 Å². The molecule has 1 heterocycles. The van der Waals surface area contributed by atoms with Crippen molar-refractivity contribution in [1.82, 2.24) is 4.98 Å². The minimum absolute atomic E-state index is 0.164. The predicted molar refractivity (Wildman–Crippen MR) is 48.3 cm³/mol. The van der Waals surface area contributed by atoms with Crippen LogP contribution in [-0.4, -0.2) is 16.7 Å². The minimum atomic E-state index is -0.498. The van der Waals surface area contributed by atoms with Crippen molar-refractivity contribution in [3.8, 4) is 0 Å². The van der Waals surface area contributed by atoms with Gasteiger partial charge in [0.2, 0.25) is 0 Å². The zero-order valence-electron chi connectivity index (χ0n) is 6.17. The molecule has 0 saturated carbocycles. The molecule has 3 N–H and O–H groups in total. The Morgan fingerprint density at radius 1 is 1.58 bits per heavy atom. The Kier molecular flexibility index (Phi) is 3.29. The van der Waals surface area contributed by atoms with E-state index in [9.17, 15) is 0 Å². The highest BCUT2D eigenvalue weighted by Crippen LogP contribution is 2.22. The average Bonchev–Trinajstić information content (AvgIpc) is 2.03. The molecule has 12 heavy (non-hydrogen) atoms. The van der Waals surface area contributed by atoms with Gasteiger partial charge in [0, 0.05) is 11.8 Å². The third-order valence-electron chi connectivity index (χ3n) is 1.44. The molecule has 1 atom stereocenters. The van der Waals surface area contributed by atoms with E-state index in [1.54, 1.807) is 0 Å². The molecule has 1 aromatic heterocycles. The standard InChI is InChI=1S/C7H8Cl2N2O/c8-5-1-7(9)11-2-4(5)6(10)3-12/h1-2,6,12H,3,10H2/t6-/m0/s1. The number of halogens is 2. The lowest BCUT2D eigenvalue weighted by atomic mass is 10.1. The van der Waals surface area contributed by atoms with E-state index in [0.717, 1.165) is 0 Å². The highest BCUT2D eigenvalue weighted by atomic mass is 35.5. The number of hydrogen-bond donors (Lipinski definition) is 2. The van der Waals surface area contributed by atoms with Crippen LogP contribution >= 0.6 is 23.2 Å². The fourth-order valence-corrected chi connectivity index (χ4v) is 1.30. The smallest absolute Gasteiger partial charge is 0.130 e. The third-order valence-corrected chi connectivity index (χ3v) is 1.98. The Balaban J connectivity index is 3.01. The first-order valence-corrected chi connectivity index (χ1v) is 4.08. The highest BCUT2D eigenvalue weighted by Gasteiger charge is 2.09. The Morgan fingerprint density at radius 2 is 2.25 bits per heavy atom. The number of hydrogen-bond acceptors (Lipinski definition) is 3. The van der Waals surface area contributed by atoms with Gasteiger partial charge in [-0.05, 0) is 6.07 Å². The van der Waals surface area contributed by atoms with E-state index in [0.29, 0.717) is 15.7 Å². The SMILES string of the molecule is N[C@@H](CO)c1cnc(Cl)cc1Cl. The summed E-state index contributed by atoms with van der Waals surface area (Å²) in [5.41, 5.74) is 6.13. The molecule has 66 valence electrons. The van der Waals surface area contributed by atoms with Gasteiger partial charge in [0.15, 0.2) is 0 Å². The first-order chi connectivity index (χ1) is 5.65. The van der Waals surface area contributed by atoms with Crippen molar-refractivity contribution in [2.45, 2.75) is 6.04 Å². The number of nitrogens with zero attached hydrogens (tertiary/aromatic N) is 1. The van der Waals surface area contributed by atoms with Crippen molar-refractivity contribution in [2.75, 3.05) is 6.61 Å². The zero-order chi connectivity index (χ0) is 9.14. The van der Waals surface area contributed by atoms with Gasteiger partial charge in [-0.15, -0.1) is 0 Å². The van der Waals surface area contributed by atoms with Gasteiger partial charge in [-0.1, -0.05) is 23.2 Å². The molecule has 0 bridgehead atoms. The lowest BCUT2D eigenvalue weighted by molar-refractivity contribution is 0.268. The maximum absolute atomic E-state index is 8.74. The molecule has 0 saturated heterocycles. The van der Waals surface area contributed by atoms with Gasteiger partial charge >= 0.3 is 0 Å². The van der Waals surface area contributed by atoms with Crippen molar-refractivity contribution in [2.24, 2.45) is 5.73 Å². The van der Waals surface area contributed by atoms with E-state index in [1.807, 2.05) is 0 Å². The number of pyridine rings is 1. The van der Waals surface area contributed by atoms with Gasteiger partial charge in [-0.2, -0.15) is 0 Å². The van der Waals surface area contributed by atoms with E-state index < -0.39 is 6.04 Å². The quantitative estimate of drug-likeness (QED) is 0.720. The lowest BCUT2D eigenvalue weighted by Gasteiger charge is -2.09. The van der Waals surface area contributed by atoms with E-state index in [1.165, 1.54) is 12.3 Å². The van der Waals surface area contributed by atoms with E-state index >= 15 is 0 Å². The van der Waals surface area contributed by atoms with Crippen LogP contribution in [0.4, 0.5) is 0 Å². The summed E-state index contributed by atoms with van der Waals surface area (Å²) in [6.45, 7) is -0.164. The van der Waals surface area contributed by atoms with Crippen LogP contribution in [0.2, 0.25) is 10.2 Å². The van der Waals surface area contributed by atoms with Gasteiger partial charge in [0.25, 0.3) is 0 Å². The molecule has 3 nitrogen and oxygen atoms in total. The fraction of sp³-hybridized carbons (Fsp3) is 0.286. The predicted octanol–water partition coefficient (Wildman–Crippen LogP) is 1.38. The van der Waals surface area contributed by atoms with Gasteiger partial charge in [-0.3, -0.25) is 0 Å². The Bertz CT molecular complexity index is 280. The van der Waals surface area contributed by atoms with Crippen molar-refractivity contribution < 1.29 is 5.11 Å². The summed E-state index contributed by atoms with van der Waals surface area (Å²) in [4.78, 5) is 3.80. The van der Waals surface area contributed by atoms with E-state index in [-0.39, 0.29) is 6.61 Å². The summed E-state index contributed by atoms with van der Waals surface area (Å²) in [6.07, 6.45) is 1.46. The number of aliphatic hydroxyl groups excluding tert-OH is 1. The largest absolute Gasteiger partial charge is 0.394 e. The Hall–Kier alpha value is -0.350. The van der Waals surface area contributed by atoms with Crippen LogP contribution in [-0.2, 0) is 0 Å². The first kappa shape index (κ1) is 9.74. The summed E-state index contributed by atoms with van der Waals surface area (Å²) in [7, 11) is 0. The van der Waals surface area contributed by atoms with Crippen LogP contribution < -0.4 is 5.73 Å². The summed E-state index contributed by atoms with van der Waals surface area (Å²) < 4.78 is 0. The maximum Gasteiger partial charge on any atom is 0.130 e. The van der Waals surface area contributed by atoms with Crippen LogP contribution in [0.25, 0.3) is 0 Å². The molecule has 1 aromatic rings. The number of aromatic nitrogens is 1. The molecule has 0 aliphatic carbocycles. The summed E-state index contributed by atoms with van der Waals surface area (Å²) in [6, 6.07) is 0.996. The molecule has 0 spiro atoms. The average molecular weight is 207 g/mol. The Morgan fingerprint density at radius 3 is 2.75 bits per heavy atom. The molecule has 5 heteroatoms. The second kappa shape index (κ2) is 4.05. The number of aliphatic hydroxyl groups is 1. The topological polar surface area (TPSA) is 59.1 Å². The zero-order valence-corrected chi connectivity index (χ0v) is 7.68. The number of nitrogens with two attached hydrogens (primary N) is 1. The summed E-state index contributed by atoms with van der Waals surface area (Å²) >= 11 is 11.4. The maximum atomic E-state index is 8.74. The van der Waals surface area contributed by atoms with Crippen LogP contribution in [0.15, 0.2) is 12.3 Å². The second-order valence-electron chi connectivity index (χ2n) is 2.32. The normalized spacial score (nSPS) is 13.0. The van der Waals surface area contributed by atoms with Crippen LogP contribution in [0.1, 0.15) is 11.6 Å². The molecular formula is C7H8Cl2N2O. The van der Waals surface area contributed by atoms with Gasteiger partial charge in [-0.25, -0.2) is 4.98 Å². The Labute approximate surface area is 80.1 Å². The fourth-order valence-electron chi connectivity index (χ4n) is 0.789. The molecule has 0 radical (unpaired) electrons. The second-order valence-corrected chi connectivity index (χ2v) is 3.11. The van der Waals surface area contributed by atoms with Crippen molar-refractivity contribution in [1.29, 1.82) is 0 Å². The molecule has 0 unspecified atom stereocenters. The van der Waals surface area contributed by atoms with Gasteiger partial charge in [0.1, 0.15) is 5.15 Å². The van der Waals surface area contributed by atoms with Crippen molar-refractivity contribution in [3.63, 3.8) is 0 Å². The van der Waals surface area contributed by atoms with Crippen LogP contribution in [0.3, 0.4) is 0 Å². The van der Waals surface area contributed by atoms with Crippen LogP contribution in [0.5, 0.6) is 0 Å². The lowest BCUT2D eigenvalue weighted by Crippen LogP contribution is -2.15. The van der Waals surface area contributed by atoms with E-state index in [4.69, 9.17) is 34.0 Å². The summed E-state index contributed by atoms with van der Waals surface area (Å²) in [5, 5.41) is 9.48. The summed E-state index contributed by atoms with van der Waals surface area (Å²) in [5.74, 6) is 0. The highest BCUT2D eigenvalue weighted by molar-refractivity contribution is 6.34. The van der Waals surface area contributed by atoms with Crippen LogP contribution in [0, 0.1) is 0 Å². The molecular weight excluding hydrogens is 199 g/mol. The minimum Gasteiger partial charge on any atom is -0.394 e. The molecule has 0 aliphatic rings. The van der Waals surface area contributed by atoms with E-state index in [2.05, 4.69) is 4.98 Å². The first-order valence-electron chi connectivity index (χ1n) is 3.32. The monoisotopic (exact) mass is 206 g/mol. The van der Waals surface area contributed by atoms with Crippen molar-refractivity contribution in [3.05, 3.63) is 28.0 Å².